The first-order chi connectivity index (χ1) is 3.31. The second-order valence-corrected chi connectivity index (χ2v) is 2.20. The molecule has 0 aromatic heterocycles. The predicted molar refractivity (Wildman–Crippen MR) is 34.9 cm³/mol. The van der Waals surface area contributed by atoms with E-state index in [1.807, 2.05) is 22.6 Å². The third-order valence-electron chi connectivity index (χ3n) is 0.427. The van der Waals surface area contributed by atoms with Crippen LogP contribution in [0.3, 0.4) is 0 Å². The van der Waals surface area contributed by atoms with Crippen molar-refractivity contribution in [3.05, 3.63) is 0 Å². The largest absolute Gasteiger partial charge is 0.410 e. The van der Waals surface area contributed by atoms with Crippen LogP contribution in [0.15, 0.2) is 5.16 Å². The molecule has 0 aromatic carbocycles. The molecule has 3 nitrogen and oxygen atoms in total. The molecule has 0 amide bonds. The van der Waals surface area contributed by atoms with Gasteiger partial charge in [-0.15, -0.1) is 0 Å². The molecule has 0 heterocycles. The average Bonchev–Trinajstić information content (AvgIpc) is 1.68. The van der Waals surface area contributed by atoms with Crippen LogP contribution in [-0.4, -0.2) is 20.6 Å². The number of rotatable bonds is 2. The summed E-state index contributed by atoms with van der Waals surface area (Å²) >= 11 is 1.85. The SMILES string of the molecule is OCC/C(I)=N\O. The molecule has 0 rings (SSSR count). The van der Waals surface area contributed by atoms with E-state index in [0.29, 0.717) is 10.1 Å². The second kappa shape index (κ2) is 4.32. The molecule has 0 saturated heterocycles. The van der Waals surface area contributed by atoms with Gasteiger partial charge in [0, 0.05) is 13.0 Å². The zero-order chi connectivity index (χ0) is 5.70. The van der Waals surface area contributed by atoms with Crippen molar-refractivity contribution in [3.8, 4) is 0 Å². The number of aliphatic hydroxyl groups excluding tert-OH is 1. The van der Waals surface area contributed by atoms with Crippen molar-refractivity contribution in [2.24, 2.45) is 5.16 Å². The number of hydrogen-bond acceptors (Lipinski definition) is 3. The Morgan fingerprint density at radius 1 is 1.71 bits per heavy atom. The molecular weight excluding hydrogens is 209 g/mol. The van der Waals surface area contributed by atoms with Gasteiger partial charge in [0.25, 0.3) is 0 Å². The summed E-state index contributed by atoms with van der Waals surface area (Å²) in [5.74, 6) is 0. The Balaban J connectivity index is 3.17. The lowest BCUT2D eigenvalue weighted by Crippen LogP contribution is -1.89. The minimum absolute atomic E-state index is 0.0440. The molecule has 0 unspecified atom stereocenters. The number of halogens is 1. The van der Waals surface area contributed by atoms with Gasteiger partial charge in [-0.05, 0) is 22.6 Å². The molecule has 0 aliphatic carbocycles. The Morgan fingerprint density at radius 2 is 2.29 bits per heavy atom. The highest BCUT2D eigenvalue weighted by Crippen LogP contribution is 1.93. The Hall–Kier alpha value is 0.160. The van der Waals surface area contributed by atoms with Crippen LogP contribution in [0.2, 0.25) is 0 Å². The summed E-state index contributed by atoms with van der Waals surface area (Å²) in [5, 5.41) is 18.9. The molecule has 42 valence electrons. The molecule has 0 aromatic rings. The standard InChI is InChI=1S/C3H6INO2/c4-3(5-7)1-2-6/h6-7H,1-2H2/b5-3+. The molecule has 0 aliphatic heterocycles. The van der Waals surface area contributed by atoms with E-state index < -0.39 is 0 Å². The van der Waals surface area contributed by atoms with Crippen LogP contribution < -0.4 is 0 Å². The van der Waals surface area contributed by atoms with Gasteiger partial charge in [-0.2, -0.15) is 0 Å². The van der Waals surface area contributed by atoms with Crippen LogP contribution in [0.4, 0.5) is 0 Å². The van der Waals surface area contributed by atoms with Gasteiger partial charge < -0.3 is 10.3 Å². The topological polar surface area (TPSA) is 52.8 Å². The second-order valence-electron chi connectivity index (χ2n) is 0.950. The van der Waals surface area contributed by atoms with Gasteiger partial charge in [0.2, 0.25) is 0 Å². The van der Waals surface area contributed by atoms with Crippen molar-refractivity contribution in [1.82, 2.24) is 0 Å². The maximum Gasteiger partial charge on any atom is 0.120 e. The van der Waals surface area contributed by atoms with Gasteiger partial charge in [-0.25, -0.2) is 0 Å². The van der Waals surface area contributed by atoms with E-state index in [-0.39, 0.29) is 6.61 Å². The van der Waals surface area contributed by atoms with Gasteiger partial charge in [0.1, 0.15) is 3.72 Å². The normalized spacial score (nSPS) is 12.0. The van der Waals surface area contributed by atoms with Gasteiger partial charge in [0.15, 0.2) is 0 Å². The Labute approximate surface area is 55.2 Å². The van der Waals surface area contributed by atoms with Crippen molar-refractivity contribution >= 4 is 26.3 Å². The number of oxime groups is 1. The minimum Gasteiger partial charge on any atom is -0.410 e. The van der Waals surface area contributed by atoms with Crippen LogP contribution in [0, 0.1) is 0 Å². The number of nitrogens with zero attached hydrogens (tertiary/aromatic N) is 1. The van der Waals surface area contributed by atoms with Crippen LogP contribution in [0.25, 0.3) is 0 Å². The summed E-state index contributed by atoms with van der Waals surface area (Å²) in [4.78, 5) is 0. The Kier molecular flexibility index (Phi) is 4.42. The van der Waals surface area contributed by atoms with Gasteiger partial charge >= 0.3 is 0 Å². The highest BCUT2D eigenvalue weighted by atomic mass is 127. The van der Waals surface area contributed by atoms with Gasteiger partial charge in [-0.1, -0.05) is 5.16 Å². The van der Waals surface area contributed by atoms with Crippen molar-refractivity contribution in [1.29, 1.82) is 0 Å². The zero-order valence-corrected chi connectivity index (χ0v) is 5.79. The van der Waals surface area contributed by atoms with E-state index in [2.05, 4.69) is 5.16 Å². The average molecular weight is 215 g/mol. The van der Waals surface area contributed by atoms with E-state index in [4.69, 9.17) is 10.3 Å². The van der Waals surface area contributed by atoms with E-state index in [9.17, 15) is 0 Å². The fourth-order valence-corrected chi connectivity index (χ4v) is 0.383. The number of hydrogen-bond donors (Lipinski definition) is 2. The van der Waals surface area contributed by atoms with Gasteiger partial charge in [-0.3, -0.25) is 0 Å². The van der Waals surface area contributed by atoms with Crippen molar-refractivity contribution < 1.29 is 10.3 Å². The molecular formula is C3H6INO2. The summed E-state index contributed by atoms with van der Waals surface area (Å²) < 4.78 is 0.528. The zero-order valence-electron chi connectivity index (χ0n) is 3.63. The van der Waals surface area contributed by atoms with E-state index in [0.717, 1.165) is 0 Å². The molecule has 7 heavy (non-hydrogen) atoms. The summed E-state index contributed by atoms with van der Waals surface area (Å²) in [6.07, 6.45) is 0.442. The lowest BCUT2D eigenvalue weighted by atomic mass is 10.5. The highest BCUT2D eigenvalue weighted by molar-refractivity contribution is 14.1. The third-order valence-corrected chi connectivity index (χ3v) is 1.18. The maximum absolute atomic E-state index is 8.17. The van der Waals surface area contributed by atoms with Crippen molar-refractivity contribution in [2.75, 3.05) is 6.61 Å². The third kappa shape index (κ3) is 4.00. The fourth-order valence-electron chi connectivity index (χ4n) is 0.142. The molecule has 0 bridgehead atoms. The first kappa shape index (κ1) is 7.16. The van der Waals surface area contributed by atoms with Gasteiger partial charge in [0.05, 0.1) is 0 Å². The monoisotopic (exact) mass is 215 g/mol. The molecule has 0 radical (unpaired) electrons. The molecule has 0 aliphatic rings. The van der Waals surface area contributed by atoms with Crippen LogP contribution in [-0.2, 0) is 0 Å². The van der Waals surface area contributed by atoms with Crippen LogP contribution >= 0.6 is 22.6 Å². The molecule has 0 saturated carbocycles. The maximum atomic E-state index is 8.17. The molecule has 0 fully saturated rings. The first-order valence-corrected chi connectivity index (χ1v) is 2.86. The fraction of sp³-hybridized carbons (Fsp3) is 0.667. The summed E-state index contributed by atoms with van der Waals surface area (Å²) in [7, 11) is 0. The minimum atomic E-state index is 0.0440. The van der Waals surface area contributed by atoms with E-state index >= 15 is 0 Å². The first-order valence-electron chi connectivity index (χ1n) is 1.78. The summed E-state index contributed by atoms with van der Waals surface area (Å²) in [6.45, 7) is 0.0440. The quantitative estimate of drug-likeness (QED) is 0.306. The summed E-state index contributed by atoms with van der Waals surface area (Å²) in [6, 6.07) is 0. The molecule has 0 atom stereocenters. The van der Waals surface area contributed by atoms with Crippen molar-refractivity contribution in [2.45, 2.75) is 6.42 Å². The lowest BCUT2D eigenvalue weighted by Gasteiger charge is -1.85. The Morgan fingerprint density at radius 3 is 2.43 bits per heavy atom. The van der Waals surface area contributed by atoms with E-state index in [1.54, 1.807) is 0 Å². The lowest BCUT2D eigenvalue weighted by molar-refractivity contribution is 0.298. The highest BCUT2D eigenvalue weighted by Gasteiger charge is 1.87. The predicted octanol–water partition coefficient (Wildman–Crippen LogP) is 0.592. The van der Waals surface area contributed by atoms with Crippen LogP contribution in [0.1, 0.15) is 6.42 Å². The van der Waals surface area contributed by atoms with Crippen LogP contribution in [0.5, 0.6) is 0 Å². The number of aliphatic hydroxyl groups is 1. The smallest absolute Gasteiger partial charge is 0.120 e. The molecule has 2 N–H and O–H groups in total. The molecule has 4 heteroatoms. The summed E-state index contributed by atoms with van der Waals surface area (Å²) in [5.41, 5.74) is 0. The van der Waals surface area contributed by atoms with E-state index in [1.165, 1.54) is 0 Å². The Bertz CT molecular complexity index is 73.3. The molecule has 0 spiro atoms. The van der Waals surface area contributed by atoms with Crippen molar-refractivity contribution in [3.63, 3.8) is 0 Å².